The summed E-state index contributed by atoms with van der Waals surface area (Å²) in [6.45, 7) is 4.77. The molecule has 1 atom stereocenters. The highest BCUT2D eigenvalue weighted by Crippen LogP contribution is 2.18. The molecule has 2 aromatic rings. The molecule has 1 aliphatic heterocycles. The molecule has 3 rings (SSSR count). The standard InChI is InChI=1S/C17H22ClN5O.ClH/c1-2-15-16(17(24)20-9-7-12-6-8-19-11-12)21-22-23(15)14-5-3-4-13(18)10-14;/h3-5,10,12,19H,2,6-9,11H2,1H3,(H,20,24);1H. The van der Waals surface area contributed by atoms with Crippen LogP contribution in [0.4, 0.5) is 0 Å². The van der Waals surface area contributed by atoms with Crippen LogP contribution in [0, 0.1) is 5.92 Å². The third kappa shape index (κ3) is 4.71. The van der Waals surface area contributed by atoms with Crippen LogP contribution in [0.5, 0.6) is 0 Å². The lowest BCUT2D eigenvalue weighted by atomic mass is 10.1. The van der Waals surface area contributed by atoms with Gasteiger partial charge in [0.25, 0.3) is 5.91 Å². The van der Waals surface area contributed by atoms with E-state index < -0.39 is 0 Å². The number of carbonyl (C=O) groups excluding carboxylic acids is 1. The van der Waals surface area contributed by atoms with Crippen molar-refractivity contribution in [2.24, 2.45) is 5.92 Å². The highest BCUT2D eigenvalue weighted by Gasteiger charge is 2.20. The minimum Gasteiger partial charge on any atom is -0.351 e. The van der Waals surface area contributed by atoms with E-state index in [1.54, 1.807) is 10.7 Å². The molecule has 1 fully saturated rings. The topological polar surface area (TPSA) is 71.8 Å². The van der Waals surface area contributed by atoms with Crippen molar-refractivity contribution in [2.45, 2.75) is 26.2 Å². The maximum atomic E-state index is 12.4. The minimum absolute atomic E-state index is 0. The maximum absolute atomic E-state index is 12.4. The number of hydrogen-bond donors (Lipinski definition) is 2. The highest BCUT2D eigenvalue weighted by atomic mass is 35.5. The van der Waals surface area contributed by atoms with Crippen molar-refractivity contribution < 1.29 is 4.79 Å². The summed E-state index contributed by atoms with van der Waals surface area (Å²) in [5.41, 5.74) is 1.99. The molecule has 2 heterocycles. The molecule has 0 saturated carbocycles. The van der Waals surface area contributed by atoms with Gasteiger partial charge in [0.05, 0.1) is 11.4 Å². The first-order chi connectivity index (χ1) is 11.7. The van der Waals surface area contributed by atoms with E-state index in [1.807, 2.05) is 25.1 Å². The number of aromatic nitrogens is 3. The Morgan fingerprint density at radius 3 is 3.00 bits per heavy atom. The number of nitrogens with zero attached hydrogens (tertiary/aromatic N) is 3. The second kappa shape index (κ2) is 9.17. The predicted molar refractivity (Wildman–Crippen MR) is 101 cm³/mol. The van der Waals surface area contributed by atoms with Crippen LogP contribution in [0.1, 0.15) is 35.9 Å². The maximum Gasteiger partial charge on any atom is 0.273 e. The molecule has 1 aliphatic rings. The Labute approximate surface area is 158 Å². The van der Waals surface area contributed by atoms with Crippen LogP contribution in [0.2, 0.25) is 5.02 Å². The van der Waals surface area contributed by atoms with Gasteiger partial charge in [0.2, 0.25) is 0 Å². The van der Waals surface area contributed by atoms with Gasteiger partial charge in [-0.25, -0.2) is 4.68 Å². The van der Waals surface area contributed by atoms with Gasteiger partial charge >= 0.3 is 0 Å². The van der Waals surface area contributed by atoms with E-state index in [1.165, 1.54) is 6.42 Å². The minimum atomic E-state index is -0.161. The third-order valence-corrected chi connectivity index (χ3v) is 4.60. The number of hydrogen-bond acceptors (Lipinski definition) is 4. The molecule has 25 heavy (non-hydrogen) atoms. The average Bonchev–Trinajstić information content (AvgIpc) is 3.23. The predicted octanol–water partition coefficient (Wildman–Crippen LogP) is 2.63. The van der Waals surface area contributed by atoms with Gasteiger partial charge in [-0.05, 0) is 56.5 Å². The zero-order valence-corrected chi connectivity index (χ0v) is 15.7. The fourth-order valence-corrected chi connectivity index (χ4v) is 3.23. The van der Waals surface area contributed by atoms with Crippen LogP contribution in [-0.4, -0.2) is 40.5 Å². The Kier molecular flexibility index (Phi) is 7.23. The van der Waals surface area contributed by atoms with Crippen LogP contribution in [0.3, 0.4) is 0 Å². The average molecular weight is 384 g/mol. The SMILES string of the molecule is CCc1c(C(=O)NCCC2CCNC2)nnn1-c1cccc(Cl)c1.Cl. The molecule has 0 spiro atoms. The van der Waals surface area contributed by atoms with Crippen LogP contribution in [0.15, 0.2) is 24.3 Å². The van der Waals surface area contributed by atoms with Crippen molar-refractivity contribution in [1.82, 2.24) is 25.6 Å². The second-order valence-corrected chi connectivity index (χ2v) is 6.47. The van der Waals surface area contributed by atoms with Crippen LogP contribution in [0.25, 0.3) is 5.69 Å². The lowest BCUT2D eigenvalue weighted by Gasteiger charge is -2.09. The first kappa shape index (κ1) is 19.7. The number of carbonyl (C=O) groups is 1. The monoisotopic (exact) mass is 383 g/mol. The van der Waals surface area contributed by atoms with Crippen LogP contribution in [-0.2, 0) is 6.42 Å². The molecule has 6 nitrogen and oxygen atoms in total. The van der Waals surface area contributed by atoms with Gasteiger partial charge in [0, 0.05) is 11.6 Å². The van der Waals surface area contributed by atoms with Gasteiger partial charge in [-0.15, -0.1) is 17.5 Å². The number of nitrogens with one attached hydrogen (secondary N) is 2. The Bertz CT molecular complexity index is 713. The fourth-order valence-electron chi connectivity index (χ4n) is 3.04. The number of rotatable bonds is 6. The van der Waals surface area contributed by atoms with Crippen molar-refractivity contribution >= 4 is 29.9 Å². The summed E-state index contributed by atoms with van der Waals surface area (Å²) in [6.07, 6.45) is 2.83. The lowest BCUT2D eigenvalue weighted by molar-refractivity contribution is 0.0945. The van der Waals surface area contributed by atoms with E-state index in [4.69, 9.17) is 11.6 Å². The van der Waals surface area contributed by atoms with Crippen molar-refractivity contribution in [2.75, 3.05) is 19.6 Å². The van der Waals surface area contributed by atoms with Crippen LogP contribution < -0.4 is 10.6 Å². The molecule has 1 aromatic carbocycles. The summed E-state index contributed by atoms with van der Waals surface area (Å²) in [5.74, 6) is 0.490. The summed E-state index contributed by atoms with van der Waals surface area (Å²) >= 11 is 6.04. The summed E-state index contributed by atoms with van der Waals surface area (Å²) in [6, 6.07) is 7.37. The molecule has 8 heteroatoms. The number of amides is 1. The lowest BCUT2D eigenvalue weighted by Crippen LogP contribution is -2.27. The second-order valence-electron chi connectivity index (χ2n) is 6.03. The summed E-state index contributed by atoms with van der Waals surface area (Å²) in [7, 11) is 0. The Balaban J connectivity index is 0.00000225. The van der Waals surface area contributed by atoms with E-state index >= 15 is 0 Å². The summed E-state index contributed by atoms with van der Waals surface area (Å²) in [5, 5.41) is 15.2. The smallest absolute Gasteiger partial charge is 0.273 e. The molecule has 0 radical (unpaired) electrons. The molecular weight excluding hydrogens is 361 g/mol. The van der Waals surface area contributed by atoms with E-state index in [9.17, 15) is 4.79 Å². The molecule has 1 amide bonds. The number of halogens is 2. The normalized spacial score (nSPS) is 16.5. The quantitative estimate of drug-likeness (QED) is 0.803. The Morgan fingerprint density at radius 1 is 1.48 bits per heavy atom. The zero-order chi connectivity index (χ0) is 16.9. The fraction of sp³-hybridized carbons (Fsp3) is 0.471. The molecule has 2 N–H and O–H groups in total. The van der Waals surface area contributed by atoms with Crippen molar-refractivity contribution in [3.8, 4) is 5.69 Å². The van der Waals surface area contributed by atoms with Gasteiger partial charge in [-0.2, -0.15) is 0 Å². The van der Waals surface area contributed by atoms with Gasteiger partial charge in [-0.3, -0.25) is 4.79 Å². The van der Waals surface area contributed by atoms with Gasteiger partial charge in [0.1, 0.15) is 0 Å². The van der Waals surface area contributed by atoms with Gasteiger partial charge < -0.3 is 10.6 Å². The molecule has 1 aromatic heterocycles. The first-order valence-corrected chi connectivity index (χ1v) is 8.76. The molecule has 0 bridgehead atoms. The molecule has 1 unspecified atom stereocenters. The largest absolute Gasteiger partial charge is 0.351 e. The van der Waals surface area contributed by atoms with E-state index in [0.29, 0.717) is 29.6 Å². The molecule has 1 saturated heterocycles. The van der Waals surface area contributed by atoms with Crippen molar-refractivity contribution in [3.05, 3.63) is 40.7 Å². The number of benzene rings is 1. The molecule has 136 valence electrons. The summed E-state index contributed by atoms with van der Waals surface area (Å²) in [4.78, 5) is 12.4. The highest BCUT2D eigenvalue weighted by molar-refractivity contribution is 6.30. The van der Waals surface area contributed by atoms with Crippen LogP contribution >= 0.6 is 24.0 Å². The third-order valence-electron chi connectivity index (χ3n) is 4.37. The molecular formula is C17H23Cl2N5O. The van der Waals surface area contributed by atoms with Gasteiger partial charge in [0.15, 0.2) is 5.69 Å². The molecule has 0 aliphatic carbocycles. The van der Waals surface area contributed by atoms with E-state index in [2.05, 4.69) is 20.9 Å². The zero-order valence-electron chi connectivity index (χ0n) is 14.2. The van der Waals surface area contributed by atoms with Crippen molar-refractivity contribution in [3.63, 3.8) is 0 Å². The van der Waals surface area contributed by atoms with E-state index in [-0.39, 0.29) is 18.3 Å². The van der Waals surface area contributed by atoms with E-state index in [0.717, 1.165) is 30.9 Å². The Morgan fingerprint density at radius 2 is 2.32 bits per heavy atom. The van der Waals surface area contributed by atoms with Gasteiger partial charge in [-0.1, -0.05) is 29.8 Å². The first-order valence-electron chi connectivity index (χ1n) is 8.38. The van der Waals surface area contributed by atoms with Crippen molar-refractivity contribution in [1.29, 1.82) is 0 Å². The summed E-state index contributed by atoms with van der Waals surface area (Å²) < 4.78 is 1.68. The Hall–Kier alpha value is -1.63.